The zero-order valence-corrected chi connectivity index (χ0v) is 30.4. The minimum atomic E-state index is -3.40. The molecule has 0 saturated carbocycles. The van der Waals surface area contributed by atoms with Gasteiger partial charge in [0, 0.05) is 32.2 Å². The van der Waals surface area contributed by atoms with Crippen molar-refractivity contribution in [3.8, 4) is 0 Å². The van der Waals surface area contributed by atoms with Gasteiger partial charge in [-0.2, -0.15) is 0 Å². The zero-order chi connectivity index (χ0) is 37.5. The number of rotatable bonds is 15. The molecule has 5 amide bonds. The van der Waals surface area contributed by atoms with Crippen LogP contribution in [0.25, 0.3) is 0 Å². The largest absolute Gasteiger partial charge is 0.444 e. The maximum Gasteiger partial charge on any atom is 0.408 e. The van der Waals surface area contributed by atoms with Gasteiger partial charge in [0.2, 0.25) is 23.6 Å². The van der Waals surface area contributed by atoms with E-state index in [1.165, 1.54) is 17.0 Å². The quantitative estimate of drug-likeness (QED) is 0.169. The summed E-state index contributed by atoms with van der Waals surface area (Å²) in [6.07, 6.45) is 4.09. The Morgan fingerprint density at radius 3 is 2.35 bits per heavy atom. The molecule has 0 saturated heterocycles. The minimum Gasteiger partial charge on any atom is -0.444 e. The summed E-state index contributed by atoms with van der Waals surface area (Å²) in [6, 6.07) is 6.79. The Morgan fingerprint density at radius 1 is 1.04 bits per heavy atom. The highest BCUT2D eigenvalue weighted by Crippen LogP contribution is 2.40. The van der Waals surface area contributed by atoms with Crippen LogP contribution in [0.3, 0.4) is 0 Å². The third-order valence-electron chi connectivity index (χ3n) is 8.78. The van der Waals surface area contributed by atoms with Crippen LogP contribution in [0.1, 0.15) is 81.5 Å². The minimum absolute atomic E-state index is 0.0216. The number of amides is 5. The summed E-state index contributed by atoms with van der Waals surface area (Å²) in [5.41, 5.74) is 8.52. The van der Waals surface area contributed by atoms with Gasteiger partial charge in [0.05, 0.1) is 10.6 Å². The number of ether oxygens (including phenoxy) is 1. The number of alkyl carbamates (subject to hydrolysis) is 1. The van der Waals surface area contributed by atoms with Gasteiger partial charge in [-0.1, -0.05) is 30.7 Å². The van der Waals surface area contributed by atoms with Gasteiger partial charge in [-0.3, -0.25) is 24.1 Å². The topological polar surface area (TPSA) is 214 Å². The van der Waals surface area contributed by atoms with Crippen molar-refractivity contribution in [2.45, 2.75) is 114 Å². The molecule has 3 atom stereocenters. The molecule has 2 aliphatic rings. The average molecular weight is 728 g/mol. The van der Waals surface area contributed by atoms with E-state index in [1.54, 1.807) is 32.9 Å². The lowest BCUT2D eigenvalue weighted by molar-refractivity contribution is -0.131. The van der Waals surface area contributed by atoms with Gasteiger partial charge in [-0.25, -0.2) is 13.2 Å². The molecule has 278 valence electrons. The van der Waals surface area contributed by atoms with E-state index in [0.29, 0.717) is 24.1 Å². The molecule has 0 bridgehead atoms. The van der Waals surface area contributed by atoms with E-state index in [-0.39, 0.29) is 43.7 Å². The molecule has 14 nitrogen and oxygen atoms in total. The Kier molecular flexibility index (Phi) is 12.8. The second kappa shape index (κ2) is 16.7. The van der Waals surface area contributed by atoms with Crippen molar-refractivity contribution in [3.63, 3.8) is 0 Å². The van der Waals surface area contributed by atoms with Crippen LogP contribution >= 0.6 is 0 Å². The highest BCUT2D eigenvalue weighted by molar-refractivity contribution is 7.90. The van der Waals surface area contributed by atoms with Crippen molar-refractivity contribution in [2.75, 3.05) is 17.8 Å². The molecule has 1 unspecified atom stereocenters. The molecule has 4 rings (SSSR count). The number of carbonyl (C=O) groups is 5. The van der Waals surface area contributed by atoms with Crippen molar-refractivity contribution < 1.29 is 42.2 Å². The lowest BCUT2D eigenvalue weighted by Gasteiger charge is -2.29. The number of benzene rings is 2. The molecule has 2 heterocycles. The molecule has 0 aromatic heterocycles. The SMILES string of the molecule is CC(C)(C)OC(=O)N[C@H]1CCc2cc(CCCCCO)cc3c2N(C1=O)[C@H](C(=O)NC(CCC(N)=O)C(=O)NCc1ccc(S(C)(=O)=O)cc1)C3. The summed E-state index contributed by atoms with van der Waals surface area (Å²) in [5.74, 6) is -2.36. The smallest absolute Gasteiger partial charge is 0.408 e. The van der Waals surface area contributed by atoms with E-state index in [2.05, 4.69) is 16.0 Å². The van der Waals surface area contributed by atoms with Crippen molar-refractivity contribution in [3.05, 3.63) is 58.7 Å². The van der Waals surface area contributed by atoms with E-state index >= 15 is 0 Å². The number of aliphatic hydroxyl groups is 1. The molecule has 0 spiro atoms. The lowest BCUT2D eigenvalue weighted by Crippen LogP contribution is -2.57. The summed E-state index contributed by atoms with van der Waals surface area (Å²) < 4.78 is 29.0. The third kappa shape index (κ3) is 10.7. The molecular formula is C36H49N5O9S. The molecule has 0 radical (unpaired) electrons. The first-order valence-electron chi connectivity index (χ1n) is 17.2. The predicted octanol–water partition coefficient (Wildman–Crippen LogP) is 1.96. The second-order valence-corrected chi connectivity index (χ2v) is 16.2. The van der Waals surface area contributed by atoms with Crippen molar-refractivity contribution >= 4 is 45.2 Å². The van der Waals surface area contributed by atoms with Gasteiger partial charge in [0.1, 0.15) is 23.7 Å². The van der Waals surface area contributed by atoms with Crippen molar-refractivity contribution in [2.24, 2.45) is 5.73 Å². The number of unbranched alkanes of at least 4 members (excludes halogenated alkanes) is 2. The standard InChI is InChI=1S/C36H49N5O9S/c1-36(2,3)50-35(47)40-28-14-11-24-18-23(8-6-5-7-17-42)19-25-20-29(41(31(24)25)34(28)46)33(45)39-27(15-16-30(37)43)32(44)38-21-22-9-12-26(13-10-22)51(4,48)49/h9-10,12-13,18-19,27-29,42H,5-8,11,14-17,20-21H2,1-4H3,(H2,37,43)(H,38,44)(H,39,45)(H,40,47)/t27?,28-,29-/m0/s1. The number of nitrogens with two attached hydrogens (primary N) is 1. The number of aryl methyl sites for hydroxylation is 2. The maximum absolute atomic E-state index is 14.2. The Labute approximate surface area is 298 Å². The van der Waals surface area contributed by atoms with Crippen LogP contribution in [0.5, 0.6) is 0 Å². The third-order valence-corrected chi connectivity index (χ3v) is 9.91. The van der Waals surface area contributed by atoms with E-state index in [1.807, 2.05) is 12.1 Å². The molecular weight excluding hydrogens is 678 g/mol. The first-order chi connectivity index (χ1) is 24.0. The first-order valence-corrected chi connectivity index (χ1v) is 19.1. The number of carbonyl (C=O) groups excluding carboxylic acids is 5. The van der Waals surface area contributed by atoms with Gasteiger partial charge in [-0.15, -0.1) is 0 Å². The van der Waals surface area contributed by atoms with Gasteiger partial charge in [0.25, 0.3) is 0 Å². The fourth-order valence-electron chi connectivity index (χ4n) is 6.34. The van der Waals surface area contributed by atoms with Crippen LogP contribution in [0.2, 0.25) is 0 Å². The number of primary amides is 1. The second-order valence-electron chi connectivity index (χ2n) is 14.2. The van der Waals surface area contributed by atoms with Crippen molar-refractivity contribution in [1.82, 2.24) is 16.0 Å². The number of hydrogen-bond acceptors (Lipinski definition) is 9. The molecule has 2 aromatic carbocycles. The van der Waals surface area contributed by atoms with Crippen LogP contribution in [0, 0.1) is 0 Å². The molecule has 15 heteroatoms. The van der Waals surface area contributed by atoms with E-state index in [4.69, 9.17) is 10.5 Å². The zero-order valence-electron chi connectivity index (χ0n) is 29.6. The van der Waals surface area contributed by atoms with Gasteiger partial charge >= 0.3 is 6.09 Å². The summed E-state index contributed by atoms with van der Waals surface area (Å²) in [7, 11) is -3.40. The maximum atomic E-state index is 14.2. The normalized spacial score (nSPS) is 17.6. The van der Waals surface area contributed by atoms with Crippen LogP contribution in [-0.2, 0) is 59.6 Å². The van der Waals surface area contributed by atoms with Crippen molar-refractivity contribution in [1.29, 1.82) is 0 Å². The van der Waals surface area contributed by atoms with Crippen LogP contribution in [0.15, 0.2) is 41.3 Å². The molecule has 2 aliphatic heterocycles. The predicted molar refractivity (Wildman–Crippen MR) is 189 cm³/mol. The Bertz CT molecular complexity index is 1740. The van der Waals surface area contributed by atoms with E-state index < -0.39 is 63.3 Å². The van der Waals surface area contributed by atoms with Crippen LogP contribution in [0.4, 0.5) is 10.5 Å². The average Bonchev–Trinajstić information content (AvgIpc) is 3.38. The molecule has 0 aliphatic carbocycles. The summed E-state index contributed by atoms with van der Waals surface area (Å²) >= 11 is 0. The van der Waals surface area contributed by atoms with E-state index in [0.717, 1.165) is 42.2 Å². The van der Waals surface area contributed by atoms with Crippen LogP contribution < -0.4 is 26.6 Å². The van der Waals surface area contributed by atoms with Gasteiger partial charge in [0.15, 0.2) is 9.84 Å². The Balaban J connectivity index is 1.58. The number of hydrogen-bond donors (Lipinski definition) is 5. The van der Waals surface area contributed by atoms with Gasteiger partial charge < -0.3 is 31.5 Å². The van der Waals surface area contributed by atoms with E-state index in [9.17, 15) is 37.5 Å². The van der Waals surface area contributed by atoms with Gasteiger partial charge in [-0.05, 0) is 93.7 Å². The molecule has 6 N–H and O–H groups in total. The number of anilines is 1. The number of nitrogens with one attached hydrogen (secondary N) is 3. The number of aliphatic hydroxyl groups excluding tert-OH is 1. The number of sulfone groups is 1. The monoisotopic (exact) mass is 727 g/mol. The molecule has 51 heavy (non-hydrogen) atoms. The molecule has 0 fully saturated rings. The first kappa shape index (κ1) is 39.3. The Hall–Kier alpha value is -4.50. The Morgan fingerprint density at radius 2 is 1.73 bits per heavy atom. The highest BCUT2D eigenvalue weighted by atomic mass is 32.2. The summed E-state index contributed by atoms with van der Waals surface area (Å²) in [6.45, 7) is 5.28. The lowest BCUT2D eigenvalue weighted by atomic mass is 9.95. The fraction of sp³-hybridized carbons (Fsp3) is 0.528. The summed E-state index contributed by atoms with van der Waals surface area (Å²) in [4.78, 5) is 67.7. The summed E-state index contributed by atoms with van der Waals surface area (Å²) in [5, 5.41) is 17.4. The van der Waals surface area contributed by atoms with Crippen LogP contribution in [-0.4, -0.2) is 79.8 Å². The number of nitrogens with zero attached hydrogens (tertiary/aromatic N) is 1. The molecule has 2 aromatic rings. The fourth-order valence-corrected chi connectivity index (χ4v) is 6.97. The highest BCUT2D eigenvalue weighted by Gasteiger charge is 2.45.